The van der Waals surface area contributed by atoms with Crippen LogP contribution in [-0.4, -0.2) is 51.4 Å². The van der Waals surface area contributed by atoms with E-state index >= 15 is 0 Å². The molecule has 0 aliphatic carbocycles. The van der Waals surface area contributed by atoms with E-state index in [9.17, 15) is 13.2 Å². The second kappa shape index (κ2) is 8.98. The van der Waals surface area contributed by atoms with Crippen molar-refractivity contribution in [3.8, 4) is 0 Å². The Balaban J connectivity index is 0.00000264. The topological polar surface area (TPSA) is 78.5 Å². The number of piperidine rings is 1. The summed E-state index contributed by atoms with van der Waals surface area (Å²) < 4.78 is 26.1. The zero-order valence-corrected chi connectivity index (χ0v) is 15.8. The number of hydrogen-bond donors (Lipinski definition) is 2. The fourth-order valence-electron chi connectivity index (χ4n) is 2.53. The number of rotatable bonds is 6. The standard InChI is InChI=1S/C14H23N3O3S2.ClH/c1-11-10-12(5-6-15-11)14(18)16-7-8-17(2)22(19,20)13-4-3-9-21-13;/h3-4,9,11-12,15H,5-8,10H2,1-2H3,(H,16,18);1H/t11-,12-;/m0./s1. The van der Waals surface area contributed by atoms with E-state index in [4.69, 9.17) is 0 Å². The van der Waals surface area contributed by atoms with Crippen molar-refractivity contribution in [2.24, 2.45) is 5.92 Å². The number of carbonyl (C=O) groups excluding carboxylic acids is 1. The summed E-state index contributed by atoms with van der Waals surface area (Å²) in [6.45, 7) is 3.53. The largest absolute Gasteiger partial charge is 0.355 e. The van der Waals surface area contributed by atoms with Gasteiger partial charge in [0.2, 0.25) is 5.91 Å². The zero-order valence-electron chi connectivity index (χ0n) is 13.3. The summed E-state index contributed by atoms with van der Waals surface area (Å²) in [5.41, 5.74) is 0. The number of amides is 1. The van der Waals surface area contributed by atoms with Crippen LogP contribution in [0.2, 0.25) is 0 Å². The molecule has 6 nitrogen and oxygen atoms in total. The van der Waals surface area contributed by atoms with Crippen LogP contribution in [0.3, 0.4) is 0 Å². The molecule has 0 unspecified atom stereocenters. The van der Waals surface area contributed by atoms with E-state index in [1.807, 2.05) is 0 Å². The molecule has 1 amide bonds. The van der Waals surface area contributed by atoms with Gasteiger partial charge in [-0.25, -0.2) is 8.42 Å². The second-order valence-electron chi connectivity index (χ2n) is 5.63. The number of likely N-dealkylation sites (N-methyl/N-ethyl adjacent to an activating group) is 1. The summed E-state index contributed by atoms with van der Waals surface area (Å²) in [6.07, 6.45) is 1.66. The maximum Gasteiger partial charge on any atom is 0.252 e. The lowest BCUT2D eigenvalue weighted by atomic mass is 9.92. The maximum absolute atomic E-state index is 12.2. The zero-order chi connectivity index (χ0) is 16.2. The van der Waals surface area contributed by atoms with Crippen molar-refractivity contribution in [1.82, 2.24) is 14.9 Å². The fourth-order valence-corrected chi connectivity index (χ4v) is 4.91. The molecule has 1 aliphatic rings. The van der Waals surface area contributed by atoms with E-state index in [0.717, 1.165) is 19.4 Å². The van der Waals surface area contributed by atoms with Crippen molar-refractivity contribution in [3.05, 3.63) is 17.5 Å². The SMILES string of the molecule is C[C@H]1C[C@@H](C(=O)NCCN(C)S(=O)(=O)c2cccs2)CCN1.Cl. The number of carbonyl (C=O) groups is 1. The first-order valence-corrected chi connectivity index (χ1v) is 9.74. The second-order valence-corrected chi connectivity index (χ2v) is 8.85. The van der Waals surface area contributed by atoms with E-state index in [-0.39, 0.29) is 30.8 Å². The predicted octanol–water partition coefficient (Wildman–Crippen LogP) is 1.29. The van der Waals surface area contributed by atoms with E-state index in [1.54, 1.807) is 17.5 Å². The number of thiophene rings is 1. The lowest BCUT2D eigenvalue weighted by Crippen LogP contribution is -2.44. The molecule has 23 heavy (non-hydrogen) atoms. The molecule has 1 aliphatic heterocycles. The van der Waals surface area contributed by atoms with Crippen LogP contribution < -0.4 is 10.6 Å². The monoisotopic (exact) mass is 381 g/mol. The molecular weight excluding hydrogens is 358 g/mol. The maximum atomic E-state index is 12.2. The Bertz CT molecular complexity index is 592. The molecule has 1 fully saturated rings. The Morgan fingerprint density at radius 3 is 2.87 bits per heavy atom. The van der Waals surface area contributed by atoms with E-state index < -0.39 is 10.0 Å². The van der Waals surface area contributed by atoms with Crippen LogP contribution in [0.15, 0.2) is 21.7 Å². The van der Waals surface area contributed by atoms with Gasteiger partial charge in [-0.2, -0.15) is 4.31 Å². The normalized spacial score (nSPS) is 21.7. The molecule has 1 saturated heterocycles. The smallest absolute Gasteiger partial charge is 0.252 e. The van der Waals surface area contributed by atoms with Crippen LogP contribution in [-0.2, 0) is 14.8 Å². The molecule has 0 radical (unpaired) electrons. The number of nitrogens with zero attached hydrogens (tertiary/aromatic N) is 1. The lowest BCUT2D eigenvalue weighted by Gasteiger charge is -2.27. The first-order valence-electron chi connectivity index (χ1n) is 7.42. The highest BCUT2D eigenvalue weighted by molar-refractivity contribution is 7.91. The van der Waals surface area contributed by atoms with Gasteiger partial charge in [0.25, 0.3) is 10.0 Å². The van der Waals surface area contributed by atoms with Crippen molar-refractivity contribution in [3.63, 3.8) is 0 Å². The van der Waals surface area contributed by atoms with Crippen molar-refractivity contribution in [2.75, 3.05) is 26.7 Å². The Morgan fingerprint density at radius 2 is 2.26 bits per heavy atom. The molecule has 2 atom stereocenters. The van der Waals surface area contributed by atoms with Gasteiger partial charge in [-0.05, 0) is 37.8 Å². The van der Waals surface area contributed by atoms with Crippen LogP contribution in [0.5, 0.6) is 0 Å². The minimum Gasteiger partial charge on any atom is -0.355 e. The van der Waals surface area contributed by atoms with Gasteiger partial charge in [0.05, 0.1) is 0 Å². The number of hydrogen-bond acceptors (Lipinski definition) is 5. The molecule has 0 spiro atoms. The van der Waals surface area contributed by atoms with Gasteiger partial charge in [-0.15, -0.1) is 23.7 Å². The minimum atomic E-state index is -3.44. The third-order valence-corrected chi connectivity index (χ3v) is 7.11. The van der Waals surface area contributed by atoms with E-state index in [2.05, 4.69) is 17.6 Å². The van der Waals surface area contributed by atoms with E-state index in [0.29, 0.717) is 16.8 Å². The van der Waals surface area contributed by atoms with Gasteiger partial charge in [0, 0.05) is 32.1 Å². The van der Waals surface area contributed by atoms with Crippen LogP contribution in [0, 0.1) is 5.92 Å². The first kappa shape index (κ1) is 20.4. The summed E-state index contributed by atoms with van der Waals surface area (Å²) >= 11 is 1.20. The Labute approximate surface area is 148 Å². The highest BCUT2D eigenvalue weighted by Crippen LogP contribution is 2.19. The van der Waals surface area contributed by atoms with Crippen LogP contribution in [0.25, 0.3) is 0 Å². The Kier molecular flexibility index (Phi) is 7.96. The predicted molar refractivity (Wildman–Crippen MR) is 94.6 cm³/mol. The summed E-state index contributed by atoms with van der Waals surface area (Å²) in [7, 11) is -1.90. The fraction of sp³-hybridized carbons (Fsp3) is 0.643. The van der Waals surface area contributed by atoms with Crippen molar-refractivity contribution in [2.45, 2.75) is 30.0 Å². The van der Waals surface area contributed by atoms with Crippen molar-refractivity contribution in [1.29, 1.82) is 0 Å². The molecule has 0 aromatic carbocycles. The van der Waals surface area contributed by atoms with Gasteiger partial charge in [0.1, 0.15) is 4.21 Å². The number of halogens is 1. The summed E-state index contributed by atoms with van der Waals surface area (Å²) in [5.74, 6) is 0.0470. The highest BCUT2D eigenvalue weighted by atomic mass is 35.5. The van der Waals surface area contributed by atoms with Crippen LogP contribution in [0.4, 0.5) is 0 Å². The Hall–Kier alpha value is -0.670. The summed E-state index contributed by atoms with van der Waals surface area (Å²) in [5, 5.41) is 7.90. The molecular formula is C14H24ClN3O3S2. The molecule has 2 N–H and O–H groups in total. The van der Waals surface area contributed by atoms with Crippen molar-refractivity contribution < 1.29 is 13.2 Å². The first-order chi connectivity index (χ1) is 10.4. The van der Waals surface area contributed by atoms with Crippen molar-refractivity contribution >= 4 is 39.7 Å². The number of nitrogens with one attached hydrogen (secondary N) is 2. The highest BCUT2D eigenvalue weighted by Gasteiger charge is 2.25. The molecule has 1 aromatic rings. The van der Waals surface area contributed by atoms with E-state index in [1.165, 1.54) is 22.7 Å². The molecule has 132 valence electrons. The third-order valence-electron chi connectivity index (χ3n) is 3.88. The summed E-state index contributed by atoms with van der Waals surface area (Å²) in [6, 6.07) is 3.66. The van der Waals surface area contributed by atoms with Gasteiger partial charge < -0.3 is 10.6 Å². The summed E-state index contributed by atoms with van der Waals surface area (Å²) in [4.78, 5) is 12.1. The average Bonchev–Trinajstić information content (AvgIpc) is 3.01. The van der Waals surface area contributed by atoms with Gasteiger partial charge >= 0.3 is 0 Å². The number of sulfonamides is 1. The third kappa shape index (κ3) is 5.42. The molecule has 0 saturated carbocycles. The molecule has 2 heterocycles. The van der Waals surface area contributed by atoms with Crippen LogP contribution in [0.1, 0.15) is 19.8 Å². The molecule has 1 aromatic heterocycles. The van der Waals surface area contributed by atoms with Gasteiger partial charge in [0.15, 0.2) is 0 Å². The molecule has 0 bridgehead atoms. The quantitative estimate of drug-likeness (QED) is 0.778. The van der Waals surface area contributed by atoms with Gasteiger partial charge in [-0.3, -0.25) is 4.79 Å². The molecule has 9 heteroatoms. The van der Waals surface area contributed by atoms with Crippen LogP contribution >= 0.6 is 23.7 Å². The van der Waals surface area contributed by atoms with Gasteiger partial charge in [-0.1, -0.05) is 6.07 Å². The average molecular weight is 382 g/mol. The molecule has 2 rings (SSSR count). The Morgan fingerprint density at radius 1 is 1.52 bits per heavy atom. The lowest BCUT2D eigenvalue weighted by molar-refractivity contribution is -0.126. The minimum absolute atomic E-state index is 0.